The number of anilines is 1. The fourth-order valence-corrected chi connectivity index (χ4v) is 3.77. The van der Waals surface area contributed by atoms with Crippen molar-refractivity contribution < 1.29 is 0 Å². The third kappa shape index (κ3) is 2.99. The van der Waals surface area contributed by atoms with Crippen molar-refractivity contribution in [3.05, 3.63) is 46.7 Å². The van der Waals surface area contributed by atoms with Gasteiger partial charge >= 0.3 is 0 Å². The molecule has 130 valence electrons. The maximum Gasteiger partial charge on any atom is 0.165 e. The second-order valence-electron chi connectivity index (χ2n) is 7.13. The number of rotatable bonds is 2. The molecule has 3 heterocycles. The van der Waals surface area contributed by atoms with Crippen LogP contribution in [0.2, 0.25) is 5.02 Å². The van der Waals surface area contributed by atoms with E-state index in [1.165, 1.54) is 12.8 Å². The van der Waals surface area contributed by atoms with Crippen LogP contribution in [0.3, 0.4) is 0 Å². The third-order valence-corrected chi connectivity index (χ3v) is 5.37. The molecule has 4 rings (SSSR count). The maximum atomic E-state index is 6.05. The molecule has 0 amide bonds. The molecule has 25 heavy (non-hydrogen) atoms. The lowest BCUT2D eigenvalue weighted by molar-refractivity contribution is 0.435. The van der Waals surface area contributed by atoms with E-state index < -0.39 is 0 Å². The summed E-state index contributed by atoms with van der Waals surface area (Å²) in [5.41, 5.74) is 5.14. The Morgan fingerprint density at radius 2 is 1.76 bits per heavy atom. The van der Waals surface area contributed by atoms with Crippen LogP contribution in [-0.2, 0) is 0 Å². The van der Waals surface area contributed by atoms with Crippen LogP contribution in [-0.4, -0.2) is 27.7 Å². The number of hydrogen-bond donors (Lipinski definition) is 0. The van der Waals surface area contributed by atoms with E-state index in [9.17, 15) is 0 Å². The molecule has 4 nitrogen and oxygen atoms in total. The minimum Gasteiger partial charge on any atom is -0.356 e. The van der Waals surface area contributed by atoms with Crippen molar-refractivity contribution in [3.63, 3.8) is 0 Å². The van der Waals surface area contributed by atoms with Crippen molar-refractivity contribution in [3.8, 4) is 11.1 Å². The van der Waals surface area contributed by atoms with E-state index >= 15 is 0 Å². The van der Waals surface area contributed by atoms with Crippen molar-refractivity contribution in [2.24, 2.45) is 5.92 Å². The van der Waals surface area contributed by atoms with E-state index in [-0.39, 0.29) is 0 Å². The number of piperidine rings is 1. The lowest BCUT2D eigenvalue weighted by Crippen LogP contribution is -2.34. The zero-order chi connectivity index (χ0) is 17.6. The van der Waals surface area contributed by atoms with Crippen molar-refractivity contribution in [1.82, 2.24) is 14.6 Å². The first-order valence-corrected chi connectivity index (χ1v) is 9.28. The Bertz CT molecular complexity index is 906. The summed E-state index contributed by atoms with van der Waals surface area (Å²) in [5, 5.41) is 5.57. The monoisotopic (exact) mass is 354 g/mol. The zero-order valence-corrected chi connectivity index (χ0v) is 15.7. The minimum absolute atomic E-state index is 0.741. The fourth-order valence-electron chi connectivity index (χ4n) is 3.64. The summed E-state index contributed by atoms with van der Waals surface area (Å²) < 4.78 is 2.02. The van der Waals surface area contributed by atoms with Gasteiger partial charge in [-0.2, -0.15) is 9.61 Å². The van der Waals surface area contributed by atoms with Crippen molar-refractivity contribution in [2.45, 2.75) is 33.6 Å². The molecule has 3 aromatic rings. The largest absolute Gasteiger partial charge is 0.356 e. The topological polar surface area (TPSA) is 33.4 Å². The van der Waals surface area contributed by atoms with Gasteiger partial charge in [-0.05, 0) is 50.3 Å². The Labute approximate surface area is 153 Å². The van der Waals surface area contributed by atoms with E-state index in [1.54, 1.807) is 0 Å². The van der Waals surface area contributed by atoms with Gasteiger partial charge in [0.2, 0.25) is 0 Å². The lowest BCUT2D eigenvalue weighted by atomic mass is 9.99. The van der Waals surface area contributed by atoms with E-state index in [1.807, 2.05) is 28.8 Å². The van der Waals surface area contributed by atoms with Crippen molar-refractivity contribution in [2.75, 3.05) is 18.0 Å². The van der Waals surface area contributed by atoms with Crippen LogP contribution in [0.25, 0.3) is 16.8 Å². The molecule has 0 aliphatic carbocycles. The van der Waals surface area contributed by atoms with Crippen LogP contribution in [0, 0.1) is 19.8 Å². The molecule has 0 spiro atoms. The number of aromatic nitrogens is 3. The predicted octanol–water partition coefficient (Wildman–Crippen LogP) is 4.90. The molecule has 1 saturated heterocycles. The SMILES string of the molecule is Cc1cc(N2CCC(C)CC2)n2nc(C)c(-c3ccc(Cl)cc3)c2n1. The molecular formula is C20H23ClN4. The van der Waals surface area contributed by atoms with Gasteiger partial charge in [-0.1, -0.05) is 30.7 Å². The molecular weight excluding hydrogens is 332 g/mol. The molecule has 2 aromatic heterocycles. The number of benzene rings is 1. The summed E-state index contributed by atoms with van der Waals surface area (Å²) in [5.74, 6) is 1.95. The molecule has 1 aromatic carbocycles. The molecule has 0 saturated carbocycles. The Balaban J connectivity index is 1.87. The summed E-state index contributed by atoms with van der Waals surface area (Å²) in [6.07, 6.45) is 2.46. The number of fused-ring (bicyclic) bond motifs is 1. The van der Waals surface area contributed by atoms with Gasteiger partial charge in [0, 0.05) is 35.4 Å². The van der Waals surface area contributed by atoms with Crippen molar-refractivity contribution >= 4 is 23.1 Å². The Morgan fingerprint density at radius 1 is 1.08 bits per heavy atom. The molecule has 1 fully saturated rings. The molecule has 5 heteroatoms. The van der Waals surface area contributed by atoms with Gasteiger partial charge in [0.25, 0.3) is 0 Å². The highest BCUT2D eigenvalue weighted by atomic mass is 35.5. The van der Waals surface area contributed by atoms with Gasteiger partial charge in [0.15, 0.2) is 5.65 Å². The fraction of sp³-hybridized carbons (Fsp3) is 0.400. The highest BCUT2D eigenvalue weighted by Crippen LogP contribution is 2.32. The van der Waals surface area contributed by atoms with Crippen LogP contribution in [0.15, 0.2) is 30.3 Å². The molecule has 0 bridgehead atoms. The quantitative estimate of drug-likeness (QED) is 0.656. The van der Waals surface area contributed by atoms with Gasteiger partial charge in [-0.25, -0.2) is 4.98 Å². The van der Waals surface area contributed by atoms with E-state index in [4.69, 9.17) is 21.7 Å². The van der Waals surface area contributed by atoms with Crippen LogP contribution >= 0.6 is 11.6 Å². The molecule has 0 atom stereocenters. The normalized spacial score (nSPS) is 15.9. The molecule has 0 radical (unpaired) electrons. The lowest BCUT2D eigenvalue weighted by Gasteiger charge is -2.32. The summed E-state index contributed by atoms with van der Waals surface area (Å²) >= 11 is 6.05. The third-order valence-electron chi connectivity index (χ3n) is 5.11. The standard InChI is InChI=1S/C20H23ClN4/c1-13-8-10-24(11-9-13)18-12-14(2)22-20-19(15(3)23-25(18)20)16-4-6-17(21)7-5-16/h4-7,12-13H,8-11H2,1-3H3. The second kappa shape index (κ2) is 6.34. The van der Waals surface area contributed by atoms with Gasteiger partial charge in [-0.15, -0.1) is 0 Å². The average molecular weight is 355 g/mol. The number of nitrogens with zero attached hydrogens (tertiary/aromatic N) is 4. The summed E-state index contributed by atoms with van der Waals surface area (Å²) in [7, 11) is 0. The average Bonchev–Trinajstić information content (AvgIpc) is 2.92. The van der Waals surface area contributed by atoms with Crippen LogP contribution < -0.4 is 4.90 Å². The first-order chi connectivity index (χ1) is 12.0. The first-order valence-electron chi connectivity index (χ1n) is 8.91. The molecule has 1 aliphatic heterocycles. The number of hydrogen-bond acceptors (Lipinski definition) is 3. The van der Waals surface area contributed by atoms with Gasteiger partial charge in [-0.3, -0.25) is 0 Å². The smallest absolute Gasteiger partial charge is 0.165 e. The van der Waals surface area contributed by atoms with Crippen molar-refractivity contribution in [1.29, 1.82) is 0 Å². The minimum atomic E-state index is 0.741. The molecule has 0 N–H and O–H groups in total. The zero-order valence-electron chi connectivity index (χ0n) is 15.0. The summed E-state index contributed by atoms with van der Waals surface area (Å²) in [6, 6.07) is 10.1. The summed E-state index contributed by atoms with van der Waals surface area (Å²) in [6.45, 7) is 8.60. The Morgan fingerprint density at radius 3 is 2.44 bits per heavy atom. The van der Waals surface area contributed by atoms with Gasteiger partial charge < -0.3 is 4.90 Å². The number of aryl methyl sites for hydroxylation is 2. The highest BCUT2D eigenvalue weighted by molar-refractivity contribution is 6.30. The van der Waals surface area contributed by atoms with E-state index in [0.717, 1.165) is 58.0 Å². The van der Waals surface area contributed by atoms with Crippen LogP contribution in [0.4, 0.5) is 5.82 Å². The Kier molecular flexibility index (Phi) is 4.16. The van der Waals surface area contributed by atoms with Crippen LogP contribution in [0.1, 0.15) is 31.2 Å². The van der Waals surface area contributed by atoms with Crippen LogP contribution in [0.5, 0.6) is 0 Å². The van der Waals surface area contributed by atoms with E-state index in [0.29, 0.717) is 0 Å². The first kappa shape index (κ1) is 16.4. The second-order valence-corrected chi connectivity index (χ2v) is 7.56. The summed E-state index contributed by atoms with van der Waals surface area (Å²) in [4.78, 5) is 7.25. The molecule has 1 aliphatic rings. The van der Waals surface area contributed by atoms with Gasteiger partial charge in [0.05, 0.1) is 5.69 Å². The Hall–Kier alpha value is -2.07. The van der Waals surface area contributed by atoms with Gasteiger partial charge in [0.1, 0.15) is 5.82 Å². The predicted molar refractivity (Wildman–Crippen MR) is 104 cm³/mol. The number of halogens is 1. The highest BCUT2D eigenvalue weighted by Gasteiger charge is 2.22. The van der Waals surface area contributed by atoms with E-state index in [2.05, 4.69) is 31.7 Å². The molecule has 0 unspecified atom stereocenters. The maximum absolute atomic E-state index is 6.05.